The number of ether oxygens (including phenoxy) is 1. The number of aliphatic carboxylic acids is 1. The van der Waals surface area contributed by atoms with Crippen LogP contribution in [-0.2, 0) is 19.9 Å². The molecule has 1 aliphatic heterocycles. The summed E-state index contributed by atoms with van der Waals surface area (Å²) < 4.78 is 6.89. The number of nitrogens with one attached hydrogen (secondary N) is 1. The number of carboxylic acid groups (broad SMARTS) is 1. The van der Waals surface area contributed by atoms with E-state index in [0.29, 0.717) is 12.1 Å². The maximum absolute atomic E-state index is 13.7. The molecule has 35 heavy (non-hydrogen) atoms. The lowest BCUT2D eigenvalue weighted by atomic mass is 9.84. The van der Waals surface area contributed by atoms with E-state index >= 15 is 0 Å². The predicted molar refractivity (Wildman–Crippen MR) is 126 cm³/mol. The van der Waals surface area contributed by atoms with Gasteiger partial charge < -0.3 is 25.2 Å². The topological polar surface area (TPSA) is 147 Å². The summed E-state index contributed by atoms with van der Waals surface area (Å²) in [6, 6.07) is -2.44. The van der Waals surface area contributed by atoms with E-state index in [9.17, 15) is 24.6 Å². The van der Waals surface area contributed by atoms with Gasteiger partial charge in [-0.15, -0.1) is 5.10 Å². The minimum Gasteiger partial charge on any atom is -0.480 e. The van der Waals surface area contributed by atoms with Crippen molar-refractivity contribution in [2.75, 3.05) is 6.54 Å². The van der Waals surface area contributed by atoms with Gasteiger partial charge in [0.15, 0.2) is 0 Å². The van der Waals surface area contributed by atoms with Crippen LogP contribution in [-0.4, -0.2) is 72.3 Å². The lowest BCUT2D eigenvalue weighted by molar-refractivity contribution is -0.149. The number of nitrogens with zero attached hydrogens (tertiary/aromatic N) is 4. The second-order valence-electron chi connectivity index (χ2n) is 11.3. The summed E-state index contributed by atoms with van der Waals surface area (Å²) in [5.41, 5.74) is -1.53. The van der Waals surface area contributed by atoms with Crippen LogP contribution < -0.4 is 5.32 Å². The first kappa shape index (κ1) is 26.9. The molecule has 1 saturated heterocycles. The van der Waals surface area contributed by atoms with Crippen LogP contribution in [0.5, 0.6) is 0 Å². The molecule has 0 radical (unpaired) electrons. The molecular formula is C24H39N5O6. The molecule has 11 heteroatoms. The second-order valence-corrected chi connectivity index (χ2v) is 11.3. The Hall–Kier alpha value is -2.69. The van der Waals surface area contributed by atoms with Gasteiger partial charge in [-0.2, -0.15) is 0 Å². The first-order chi connectivity index (χ1) is 16.3. The summed E-state index contributed by atoms with van der Waals surface area (Å²) in [6.45, 7) is 8.51. The lowest BCUT2D eigenvalue weighted by Gasteiger charge is -2.31. The maximum Gasteiger partial charge on any atom is 0.408 e. The molecule has 0 aromatic carbocycles. The van der Waals surface area contributed by atoms with E-state index in [1.807, 2.05) is 0 Å². The minimum absolute atomic E-state index is 0.0827. The van der Waals surface area contributed by atoms with Crippen molar-refractivity contribution >= 4 is 18.0 Å². The van der Waals surface area contributed by atoms with Crippen LogP contribution in [0.25, 0.3) is 0 Å². The van der Waals surface area contributed by atoms with Crippen LogP contribution in [0.15, 0.2) is 6.20 Å². The van der Waals surface area contributed by atoms with E-state index in [1.165, 1.54) is 15.8 Å². The fourth-order valence-corrected chi connectivity index (χ4v) is 5.05. The number of amides is 2. The molecule has 2 aliphatic rings. The van der Waals surface area contributed by atoms with Crippen molar-refractivity contribution in [3.63, 3.8) is 0 Å². The van der Waals surface area contributed by atoms with Crippen LogP contribution in [0.1, 0.15) is 91.3 Å². The second kappa shape index (κ2) is 10.5. The van der Waals surface area contributed by atoms with Crippen LogP contribution in [0.2, 0.25) is 0 Å². The van der Waals surface area contributed by atoms with Crippen LogP contribution in [0.4, 0.5) is 4.79 Å². The van der Waals surface area contributed by atoms with E-state index < -0.39 is 47.3 Å². The van der Waals surface area contributed by atoms with Gasteiger partial charge in [-0.25, -0.2) is 14.3 Å². The van der Waals surface area contributed by atoms with Gasteiger partial charge in [0.05, 0.1) is 17.9 Å². The third-order valence-electron chi connectivity index (χ3n) is 6.68. The molecule has 2 fully saturated rings. The monoisotopic (exact) mass is 493 g/mol. The average Bonchev–Trinajstić information content (AvgIpc) is 3.39. The molecule has 1 aromatic heterocycles. The number of aliphatic hydroxyl groups is 1. The number of carboxylic acids is 1. The molecule has 3 rings (SSSR count). The summed E-state index contributed by atoms with van der Waals surface area (Å²) in [4.78, 5) is 39.8. The summed E-state index contributed by atoms with van der Waals surface area (Å²) in [6.07, 6.45) is 6.55. The standard InChI is InChI=1S/C24H39N5O6/c1-23(2,3)35-22(33)26-17(11-15-9-7-6-8-10-15)20(30)28-14-16(12-18(28)21(31)32)29-19(13-25-27-29)24(4,5)34/h13,15-18,34H,6-12,14H2,1-5H3,(H,26,33)(H,31,32)/t16?,17-,18?/m1/s1. The Labute approximate surface area is 206 Å². The molecule has 3 atom stereocenters. The molecule has 2 unspecified atom stereocenters. The third kappa shape index (κ3) is 6.93. The van der Waals surface area contributed by atoms with Gasteiger partial charge in [0.1, 0.15) is 23.3 Å². The number of hydrogen-bond acceptors (Lipinski definition) is 7. The van der Waals surface area contributed by atoms with Gasteiger partial charge in [0.25, 0.3) is 0 Å². The predicted octanol–water partition coefficient (Wildman–Crippen LogP) is 2.60. The Morgan fingerprint density at radius 1 is 1.17 bits per heavy atom. The van der Waals surface area contributed by atoms with E-state index in [-0.39, 0.29) is 18.9 Å². The number of likely N-dealkylation sites (tertiary alicyclic amines) is 1. The zero-order valence-electron chi connectivity index (χ0n) is 21.4. The zero-order valence-corrected chi connectivity index (χ0v) is 21.4. The Kier molecular flexibility index (Phi) is 8.08. The minimum atomic E-state index is -1.23. The molecule has 2 heterocycles. The molecule has 1 aromatic rings. The molecule has 1 saturated carbocycles. The van der Waals surface area contributed by atoms with E-state index in [0.717, 1.165) is 32.1 Å². The van der Waals surface area contributed by atoms with E-state index in [1.54, 1.807) is 34.6 Å². The Balaban J connectivity index is 1.84. The van der Waals surface area contributed by atoms with Gasteiger partial charge in [-0.1, -0.05) is 37.3 Å². The number of carbonyl (C=O) groups is 3. The number of alkyl carbamates (subject to hydrolysis) is 1. The quantitative estimate of drug-likeness (QED) is 0.525. The lowest BCUT2D eigenvalue weighted by Crippen LogP contribution is -2.53. The molecule has 3 N–H and O–H groups in total. The van der Waals surface area contributed by atoms with Gasteiger partial charge in [-0.05, 0) is 47.0 Å². The fraction of sp³-hybridized carbons (Fsp3) is 0.792. The highest BCUT2D eigenvalue weighted by Crippen LogP contribution is 2.33. The van der Waals surface area contributed by atoms with Crippen molar-refractivity contribution in [2.24, 2.45) is 5.92 Å². The average molecular weight is 494 g/mol. The van der Waals surface area contributed by atoms with Crippen LogP contribution >= 0.6 is 0 Å². The van der Waals surface area contributed by atoms with Crippen molar-refractivity contribution in [3.05, 3.63) is 11.9 Å². The molecule has 0 spiro atoms. The summed E-state index contributed by atoms with van der Waals surface area (Å²) >= 11 is 0. The molecule has 0 bridgehead atoms. The summed E-state index contributed by atoms with van der Waals surface area (Å²) in [5.74, 6) is -1.30. The van der Waals surface area contributed by atoms with Crippen molar-refractivity contribution < 1.29 is 29.3 Å². The first-order valence-corrected chi connectivity index (χ1v) is 12.4. The number of rotatable bonds is 7. The smallest absolute Gasteiger partial charge is 0.408 e. The summed E-state index contributed by atoms with van der Waals surface area (Å²) in [7, 11) is 0. The molecule has 196 valence electrons. The zero-order chi connectivity index (χ0) is 26.0. The van der Waals surface area contributed by atoms with Crippen molar-refractivity contribution in [3.8, 4) is 0 Å². The van der Waals surface area contributed by atoms with Crippen molar-refractivity contribution in [2.45, 2.75) is 109 Å². The molecule has 11 nitrogen and oxygen atoms in total. The van der Waals surface area contributed by atoms with Gasteiger partial charge in [-0.3, -0.25) is 4.79 Å². The highest BCUT2D eigenvalue weighted by atomic mass is 16.6. The molecule has 2 amide bonds. The largest absolute Gasteiger partial charge is 0.480 e. The normalized spacial score (nSPS) is 22.6. The van der Waals surface area contributed by atoms with Gasteiger partial charge in [0.2, 0.25) is 5.91 Å². The van der Waals surface area contributed by atoms with Gasteiger partial charge in [0, 0.05) is 13.0 Å². The Morgan fingerprint density at radius 3 is 2.40 bits per heavy atom. The molecule has 1 aliphatic carbocycles. The van der Waals surface area contributed by atoms with E-state index in [2.05, 4.69) is 15.6 Å². The van der Waals surface area contributed by atoms with Crippen molar-refractivity contribution in [1.82, 2.24) is 25.2 Å². The Morgan fingerprint density at radius 2 is 1.83 bits per heavy atom. The van der Waals surface area contributed by atoms with Gasteiger partial charge >= 0.3 is 12.1 Å². The highest BCUT2D eigenvalue weighted by Gasteiger charge is 2.45. The number of aromatic nitrogens is 3. The number of hydrogen-bond donors (Lipinski definition) is 3. The highest BCUT2D eigenvalue weighted by molar-refractivity contribution is 5.90. The number of carbonyl (C=O) groups excluding carboxylic acids is 2. The third-order valence-corrected chi connectivity index (χ3v) is 6.68. The fourth-order valence-electron chi connectivity index (χ4n) is 5.05. The first-order valence-electron chi connectivity index (χ1n) is 12.4. The van der Waals surface area contributed by atoms with Crippen LogP contribution in [0.3, 0.4) is 0 Å². The van der Waals surface area contributed by atoms with Crippen molar-refractivity contribution in [1.29, 1.82) is 0 Å². The van der Waals surface area contributed by atoms with Crippen LogP contribution in [0, 0.1) is 5.92 Å². The summed E-state index contributed by atoms with van der Waals surface area (Å²) in [5, 5.41) is 31.1. The molecular weight excluding hydrogens is 454 g/mol. The van der Waals surface area contributed by atoms with E-state index in [4.69, 9.17) is 4.74 Å². The maximum atomic E-state index is 13.7. The SMILES string of the molecule is CC(C)(C)OC(=O)N[C@H](CC1CCCCC1)C(=O)N1CC(n2nncc2C(C)(C)O)CC1C(=O)O. The Bertz CT molecular complexity index is 912.